The van der Waals surface area contributed by atoms with Gasteiger partial charge < -0.3 is 10.2 Å². The Kier molecular flexibility index (Phi) is 6.74. The molecule has 1 N–H and O–H groups in total. The lowest BCUT2D eigenvalue weighted by Gasteiger charge is -2.24. The van der Waals surface area contributed by atoms with Crippen LogP contribution in [-0.2, 0) is 24.1 Å². The molecule has 3 aromatic rings. The van der Waals surface area contributed by atoms with Crippen LogP contribution >= 0.6 is 11.8 Å². The topological polar surface area (TPSA) is 49.4 Å². The van der Waals surface area contributed by atoms with Gasteiger partial charge in [0.25, 0.3) is 5.91 Å². The van der Waals surface area contributed by atoms with Crippen LogP contribution in [0.2, 0.25) is 0 Å². The number of halogens is 3. The number of rotatable bonds is 6. The molecule has 1 atom stereocenters. The predicted molar refractivity (Wildman–Crippen MR) is 121 cm³/mol. The SMILES string of the molecule is O=C(NCc1cccc(C(F)(F)F)c1)c1ccc([C@@H]2SCC(=O)N2Cc2ccccc2)cc1. The van der Waals surface area contributed by atoms with Gasteiger partial charge in [0, 0.05) is 18.7 Å². The van der Waals surface area contributed by atoms with Gasteiger partial charge in [-0.05, 0) is 41.0 Å². The molecule has 0 aromatic heterocycles. The summed E-state index contributed by atoms with van der Waals surface area (Å²) in [5.41, 5.74) is 1.98. The second-order valence-electron chi connectivity index (χ2n) is 7.67. The molecule has 33 heavy (non-hydrogen) atoms. The van der Waals surface area contributed by atoms with Gasteiger partial charge in [-0.15, -0.1) is 11.8 Å². The molecule has 1 aliphatic heterocycles. The van der Waals surface area contributed by atoms with E-state index >= 15 is 0 Å². The fourth-order valence-electron chi connectivity index (χ4n) is 3.62. The first-order valence-corrected chi connectivity index (χ1v) is 11.4. The van der Waals surface area contributed by atoms with Crippen LogP contribution in [0.4, 0.5) is 13.2 Å². The van der Waals surface area contributed by atoms with Gasteiger partial charge in [-0.25, -0.2) is 0 Å². The molecule has 3 aromatic carbocycles. The molecule has 0 spiro atoms. The minimum absolute atomic E-state index is 0.0116. The minimum atomic E-state index is -4.43. The van der Waals surface area contributed by atoms with Crippen LogP contribution in [0.3, 0.4) is 0 Å². The van der Waals surface area contributed by atoms with E-state index in [1.54, 1.807) is 12.1 Å². The molecule has 0 bridgehead atoms. The summed E-state index contributed by atoms with van der Waals surface area (Å²) in [6.07, 6.45) is -4.43. The Morgan fingerprint density at radius 3 is 2.36 bits per heavy atom. The van der Waals surface area contributed by atoms with Crippen LogP contribution in [0.5, 0.6) is 0 Å². The lowest BCUT2D eigenvalue weighted by Crippen LogP contribution is -2.27. The van der Waals surface area contributed by atoms with E-state index in [0.717, 1.165) is 23.3 Å². The van der Waals surface area contributed by atoms with Crippen molar-refractivity contribution in [2.75, 3.05) is 5.75 Å². The van der Waals surface area contributed by atoms with Crippen molar-refractivity contribution in [2.24, 2.45) is 0 Å². The Labute approximate surface area is 193 Å². The van der Waals surface area contributed by atoms with Gasteiger partial charge in [-0.3, -0.25) is 9.59 Å². The average Bonchev–Trinajstić information content (AvgIpc) is 3.18. The van der Waals surface area contributed by atoms with E-state index < -0.39 is 11.7 Å². The average molecular weight is 471 g/mol. The van der Waals surface area contributed by atoms with E-state index in [4.69, 9.17) is 0 Å². The second-order valence-corrected chi connectivity index (χ2v) is 8.74. The molecule has 1 heterocycles. The molecule has 0 aliphatic carbocycles. The van der Waals surface area contributed by atoms with Gasteiger partial charge >= 0.3 is 6.18 Å². The zero-order valence-electron chi connectivity index (χ0n) is 17.5. The van der Waals surface area contributed by atoms with Crippen molar-refractivity contribution < 1.29 is 22.8 Å². The number of hydrogen-bond acceptors (Lipinski definition) is 3. The Morgan fingerprint density at radius 1 is 0.970 bits per heavy atom. The van der Waals surface area contributed by atoms with E-state index in [1.165, 1.54) is 23.9 Å². The second kappa shape index (κ2) is 9.70. The monoisotopic (exact) mass is 470 g/mol. The van der Waals surface area contributed by atoms with E-state index in [1.807, 2.05) is 47.4 Å². The first-order chi connectivity index (χ1) is 15.8. The lowest BCUT2D eigenvalue weighted by atomic mass is 10.1. The van der Waals surface area contributed by atoms with Crippen LogP contribution in [0.15, 0.2) is 78.9 Å². The standard InChI is InChI=1S/C25H21F3N2O2S/c26-25(27,28)21-8-4-7-18(13-21)14-29-23(32)19-9-11-20(12-10-19)24-30(22(31)16-33-24)15-17-5-2-1-3-6-17/h1-13,24H,14-16H2,(H,29,32)/t24-/m0/s1. The van der Waals surface area contributed by atoms with Crippen molar-refractivity contribution in [1.82, 2.24) is 10.2 Å². The number of thioether (sulfide) groups is 1. The van der Waals surface area contributed by atoms with Gasteiger partial charge in [0.2, 0.25) is 5.91 Å². The molecule has 4 rings (SSSR count). The molecular weight excluding hydrogens is 449 g/mol. The van der Waals surface area contributed by atoms with Gasteiger partial charge in [0.05, 0.1) is 11.3 Å². The Bertz CT molecular complexity index is 1130. The van der Waals surface area contributed by atoms with Crippen molar-refractivity contribution in [2.45, 2.75) is 24.6 Å². The maximum atomic E-state index is 12.9. The summed E-state index contributed by atoms with van der Waals surface area (Å²) < 4.78 is 38.6. The van der Waals surface area contributed by atoms with Gasteiger partial charge in [0.1, 0.15) is 5.37 Å². The first kappa shape index (κ1) is 22.9. The molecular formula is C25H21F3N2O2S. The van der Waals surface area contributed by atoms with Crippen LogP contribution in [-0.4, -0.2) is 22.5 Å². The number of nitrogens with one attached hydrogen (secondary N) is 1. The van der Waals surface area contributed by atoms with Crippen molar-refractivity contribution in [1.29, 1.82) is 0 Å². The number of alkyl halides is 3. The number of hydrogen-bond donors (Lipinski definition) is 1. The maximum absolute atomic E-state index is 12.9. The molecule has 0 radical (unpaired) electrons. The number of nitrogens with zero attached hydrogens (tertiary/aromatic N) is 1. The third-order valence-electron chi connectivity index (χ3n) is 5.33. The summed E-state index contributed by atoms with van der Waals surface area (Å²) in [5.74, 6) is 0.0866. The zero-order chi connectivity index (χ0) is 23.4. The highest BCUT2D eigenvalue weighted by Gasteiger charge is 2.33. The van der Waals surface area contributed by atoms with E-state index in [2.05, 4.69) is 5.32 Å². The predicted octanol–water partition coefficient (Wildman–Crippen LogP) is 5.41. The highest BCUT2D eigenvalue weighted by atomic mass is 32.2. The highest BCUT2D eigenvalue weighted by Crippen LogP contribution is 2.39. The normalized spacial score (nSPS) is 16.2. The minimum Gasteiger partial charge on any atom is -0.348 e. The molecule has 0 unspecified atom stereocenters. The third-order valence-corrected chi connectivity index (χ3v) is 6.59. The summed E-state index contributed by atoms with van der Waals surface area (Å²) >= 11 is 1.54. The summed E-state index contributed by atoms with van der Waals surface area (Å²) in [6.45, 7) is 0.499. The fourth-order valence-corrected chi connectivity index (χ4v) is 4.81. The molecule has 1 saturated heterocycles. The quantitative estimate of drug-likeness (QED) is 0.524. The van der Waals surface area contributed by atoms with Crippen LogP contribution in [0, 0.1) is 0 Å². The molecule has 1 fully saturated rings. The van der Waals surface area contributed by atoms with Crippen molar-refractivity contribution in [3.63, 3.8) is 0 Å². The Morgan fingerprint density at radius 2 is 1.67 bits per heavy atom. The van der Waals surface area contributed by atoms with Crippen LogP contribution < -0.4 is 5.32 Å². The van der Waals surface area contributed by atoms with E-state index in [0.29, 0.717) is 23.4 Å². The third kappa shape index (κ3) is 5.57. The fraction of sp³-hybridized carbons (Fsp3) is 0.200. The summed E-state index contributed by atoms with van der Waals surface area (Å²) in [6, 6.07) is 21.6. The number of amides is 2. The number of benzene rings is 3. The van der Waals surface area contributed by atoms with Crippen molar-refractivity contribution in [3.05, 3.63) is 107 Å². The summed E-state index contributed by atoms with van der Waals surface area (Å²) in [5, 5.41) is 2.52. The molecule has 8 heteroatoms. The van der Waals surface area contributed by atoms with E-state index in [9.17, 15) is 22.8 Å². The zero-order valence-corrected chi connectivity index (χ0v) is 18.3. The lowest BCUT2D eigenvalue weighted by molar-refractivity contribution is -0.137. The van der Waals surface area contributed by atoms with Crippen LogP contribution in [0.25, 0.3) is 0 Å². The van der Waals surface area contributed by atoms with Gasteiger partial charge in [0.15, 0.2) is 0 Å². The molecule has 1 aliphatic rings. The largest absolute Gasteiger partial charge is 0.416 e. The van der Waals surface area contributed by atoms with Crippen molar-refractivity contribution in [3.8, 4) is 0 Å². The van der Waals surface area contributed by atoms with Gasteiger partial charge in [-0.1, -0.05) is 54.6 Å². The maximum Gasteiger partial charge on any atom is 0.416 e. The first-order valence-electron chi connectivity index (χ1n) is 10.3. The summed E-state index contributed by atoms with van der Waals surface area (Å²) in [7, 11) is 0. The Hall–Kier alpha value is -3.26. The molecule has 2 amide bonds. The number of carbonyl (C=O) groups is 2. The number of carbonyl (C=O) groups excluding carboxylic acids is 2. The Balaban J connectivity index is 1.40. The van der Waals surface area contributed by atoms with E-state index in [-0.39, 0.29) is 23.7 Å². The molecule has 0 saturated carbocycles. The van der Waals surface area contributed by atoms with Crippen LogP contribution in [0.1, 0.15) is 38.0 Å². The van der Waals surface area contributed by atoms with Crippen molar-refractivity contribution >= 4 is 23.6 Å². The molecule has 170 valence electrons. The summed E-state index contributed by atoms with van der Waals surface area (Å²) in [4.78, 5) is 26.7. The molecule has 4 nitrogen and oxygen atoms in total. The smallest absolute Gasteiger partial charge is 0.348 e. The highest BCUT2D eigenvalue weighted by molar-refractivity contribution is 8.00. The van der Waals surface area contributed by atoms with Gasteiger partial charge in [-0.2, -0.15) is 13.2 Å².